The van der Waals surface area contributed by atoms with E-state index in [0.29, 0.717) is 65.8 Å². The average Bonchev–Trinajstić information content (AvgIpc) is 3.59. The van der Waals surface area contributed by atoms with Crippen LogP contribution < -0.4 is 9.47 Å². The summed E-state index contributed by atoms with van der Waals surface area (Å²) in [5.74, 6) is 2.03. The van der Waals surface area contributed by atoms with Crippen LogP contribution in [0.15, 0.2) is 76.3 Å². The summed E-state index contributed by atoms with van der Waals surface area (Å²) in [4.78, 5) is 2.16. The van der Waals surface area contributed by atoms with Crippen molar-refractivity contribution in [3.05, 3.63) is 82.7 Å². The van der Waals surface area contributed by atoms with Crippen molar-refractivity contribution in [2.45, 2.75) is 17.0 Å². The first-order valence-electron chi connectivity index (χ1n) is 11.9. The number of sulfonamides is 1. The average molecular weight is 556 g/mol. The standard InChI is InChI=1S/C25H25N5O4S3/c31-37(32,23-11-6-16-36-23)28-14-12-27(13-15-28)18-29-25(35)30(19-7-2-1-3-8-19)24(26-29)22-17-33-20-9-4-5-10-21(20)34-22/h1-11,16,22H,12-15,17-18H2/t22-/m0/s1. The van der Waals surface area contributed by atoms with Gasteiger partial charge in [-0.1, -0.05) is 36.4 Å². The van der Waals surface area contributed by atoms with Crippen molar-refractivity contribution in [3.8, 4) is 17.2 Å². The smallest absolute Gasteiger partial charge is 0.252 e. The van der Waals surface area contributed by atoms with Crippen molar-refractivity contribution >= 4 is 33.6 Å². The molecule has 6 rings (SSSR count). The van der Waals surface area contributed by atoms with Gasteiger partial charge in [-0.05, 0) is 47.9 Å². The Balaban J connectivity index is 1.25. The summed E-state index contributed by atoms with van der Waals surface area (Å²) in [6.45, 7) is 2.75. The Morgan fingerprint density at radius 2 is 1.68 bits per heavy atom. The van der Waals surface area contributed by atoms with Gasteiger partial charge in [-0.15, -0.1) is 11.3 Å². The van der Waals surface area contributed by atoms with Gasteiger partial charge in [0.2, 0.25) is 4.77 Å². The molecule has 2 aliphatic heterocycles. The maximum absolute atomic E-state index is 12.9. The highest BCUT2D eigenvalue weighted by Crippen LogP contribution is 2.36. The number of nitrogens with zero attached hydrogens (tertiary/aromatic N) is 5. The van der Waals surface area contributed by atoms with E-state index in [2.05, 4.69) is 4.90 Å². The van der Waals surface area contributed by atoms with Gasteiger partial charge < -0.3 is 9.47 Å². The molecule has 2 aliphatic rings. The lowest BCUT2D eigenvalue weighted by molar-refractivity contribution is 0.0826. The van der Waals surface area contributed by atoms with Crippen LogP contribution in [-0.2, 0) is 16.7 Å². The Kier molecular flexibility index (Phi) is 6.59. The molecular formula is C25H25N5O4S3. The van der Waals surface area contributed by atoms with Crippen molar-refractivity contribution in [2.24, 2.45) is 0 Å². The zero-order chi connectivity index (χ0) is 25.4. The molecule has 0 aliphatic carbocycles. The molecule has 1 saturated heterocycles. The Morgan fingerprint density at radius 3 is 2.41 bits per heavy atom. The van der Waals surface area contributed by atoms with E-state index in [1.54, 1.807) is 26.5 Å². The molecule has 4 aromatic rings. The van der Waals surface area contributed by atoms with E-state index in [9.17, 15) is 8.42 Å². The minimum atomic E-state index is -3.45. The highest BCUT2D eigenvalue weighted by molar-refractivity contribution is 7.91. The molecule has 0 spiro atoms. The van der Waals surface area contributed by atoms with Crippen molar-refractivity contribution in [1.82, 2.24) is 23.6 Å². The highest BCUT2D eigenvalue weighted by Gasteiger charge is 2.31. The van der Waals surface area contributed by atoms with Gasteiger partial charge >= 0.3 is 0 Å². The molecule has 1 atom stereocenters. The first kappa shape index (κ1) is 24.3. The molecule has 0 bridgehead atoms. The Bertz CT molecular complexity index is 1540. The monoisotopic (exact) mass is 555 g/mol. The van der Waals surface area contributed by atoms with E-state index in [-0.39, 0.29) is 0 Å². The summed E-state index contributed by atoms with van der Waals surface area (Å²) in [5.41, 5.74) is 0.892. The predicted octanol–water partition coefficient (Wildman–Crippen LogP) is 3.94. The number of rotatable bonds is 6. The first-order chi connectivity index (χ1) is 18.0. The van der Waals surface area contributed by atoms with Gasteiger partial charge in [0.15, 0.2) is 23.4 Å². The van der Waals surface area contributed by atoms with E-state index in [4.69, 9.17) is 26.8 Å². The molecule has 2 aromatic carbocycles. The van der Waals surface area contributed by atoms with E-state index >= 15 is 0 Å². The molecule has 4 heterocycles. The summed E-state index contributed by atoms with van der Waals surface area (Å²) >= 11 is 7.13. The molecule has 37 heavy (non-hydrogen) atoms. The molecule has 12 heteroatoms. The summed E-state index contributed by atoms with van der Waals surface area (Å²) in [6.07, 6.45) is -0.439. The van der Waals surface area contributed by atoms with Crippen LogP contribution in [0.2, 0.25) is 0 Å². The van der Waals surface area contributed by atoms with Gasteiger partial charge in [0.1, 0.15) is 10.8 Å². The number of aromatic nitrogens is 3. The van der Waals surface area contributed by atoms with Crippen LogP contribution in [0.5, 0.6) is 11.5 Å². The number of hydrogen-bond acceptors (Lipinski definition) is 8. The third-order valence-corrected chi connectivity index (χ3v) is 10.1. The van der Waals surface area contributed by atoms with Crippen molar-refractivity contribution in [2.75, 3.05) is 32.8 Å². The van der Waals surface area contributed by atoms with Crippen LogP contribution in [0, 0.1) is 4.77 Å². The fraction of sp³-hybridized carbons (Fsp3) is 0.280. The first-order valence-corrected chi connectivity index (χ1v) is 14.6. The molecule has 0 radical (unpaired) electrons. The minimum absolute atomic E-state index is 0.314. The van der Waals surface area contributed by atoms with E-state index in [0.717, 1.165) is 5.69 Å². The molecule has 0 amide bonds. The number of hydrogen-bond donors (Lipinski definition) is 0. The van der Waals surface area contributed by atoms with Gasteiger partial charge in [0.25, 0.3) is 10.0 Å². The van der Waals surface area contributed by atoms with Crippen molar-refractivity contribution < 1.29 is 17.9 Å². The SMILES string of the molecule is O=S(=O)(c1cccs1)N1CCN(Cn2nc([C@@H]3COc4ccccc4O3)n(-c3ccccc3)c2=S)CC1. The van der Waals surface area contributed by atoms with E-state index < -0.39 is 16.1 Å². The maximum atomic E-state index is 12.9. The quantitative estimate of drug-likeness (QED) is 0.334. The third-order valence-electron chi connectivity index (χ3n) is 6.43. The Labute approximate surface area is 224 Å². The van der Waals surface area contributed by atoms with Crippen LogP contribution >= 0.6 is 23.6 Å². The number of piperazine rings is 1. The second-order valence-electron chi connectivity index (χ2n) is 8.77. The number of benzene rings is 2. The van der Waals surface area contributed by atoms with Gasteiger partial charge in [-0.3, -0.25) is 9.47 Å². The van der Waals surface area contributed by atoms with E-state index in [1.807, 2.05) is 59.2 Å². The van der Waals surface area contributed by atoms with Crippen LogP contribution in [0.25, 0.3) is 5.69 Å². The number of para-hydroxylation sites is 3. The second-order valence-corrected chi connectivity index (χ2v) is 12.2. The van der Waals surface area contributed by atoms with Crippen LogP contribution in [-0.4, -0.2) is 64.8 Å². The second kappa shape index (κ2) is 10.0. The molecule has 0 N–H and O–H groups in total. The molecule has 192 valence electrons. The fourth-order valence-corrected chi connectivity index (χ4v) is 7.39. The van der Waals surface area contributed by atoms with Gasteiger partial charge in [-0.2, -0.15) is 9.40 Å². The molecule has 0 saturated carbocycles. The zero-order valence-electron chi connectivity index (χ0n) is 19.8. The van der Waals surface area contributed by atoms with Crippen LogP contribution in [0.4, 0.5) is 0 Å². The van der Waals surface area contributed by atoms with Gasteiger partial charge in [0, 0.05) is 31.9 Å². The minimum Gasteiger partial charge on any atom is -0.485 e. The molecule has 1 fully saturated rings. The van der Waals surface area contributed by atoms with Gasteiger partial charge in [-0.25, -0.2) is 13.1 Å². The normalized spacial score (nSPS) is 18.6. The highest BCUT2D eigenvalue weighted by atomic mass is 32.2. The number of fused-ring (bicyclic) bond motifs is 1. The molecule has 0 unspecified atom stereocenters. The molecule has 9 nitrogen and oxygen atoms in total. The summed E-state index contributed by atoms with van der Waals surface area (Å²) < 4.78 is 44.2. The van der Waals surface area contributed by atoms with Crippen molar-refractivity contribution in [1.29, 1.82) is 0 Å². The third kappa shape index (κ3) is 4.71. The summed E-state index contributed by atoms with van der Waals surface area (Å²) in [5, 5.41) is 6.67. The number of thiophene rings is 1. The number of ether oxygens (including phenoxy) is 2. The Hall–Kier alpha value is -3.03. The van der Waals surface area contributed by atoms with Crippen LogP contribution in [0.3, 0.4) is 0 Å². The maximum Gasteiger partial charge on any atom is 0.252 e. The zero-order valence-corrected chi connectivity index (χ0v) is 22.3. The largest absolute Gasteiger partial charge is 0.485 e. The van der Waals surface area contributed by atoms with Crippen molar-refractivity contribution in [3.63, 3.8) is 0 Å². The lowest BCUT2D eigenvalue weighted by Crippen LogP contribution is -2.48. The van der Waals surface area contributed by atoms with E-state index in [1.165, 1.54) is 11.3 Å². The summed E-state index contributed by atoms with van der Waals surface area (Å²) in [7, 11) is -3.45. The predicted molar refractivity (Wildman–Crippen MR) is 142 cm³/mol. The molecular weight excluding hydrogens is 531 g/mol. The van der Waals surface area contributed by atoms with Crippen LogP contribution in [0.1, 0.15) is 11.9 Å². The fourth-order valence-electron chi connectivity index (χ4n) is 4.53. The Morgan fingerprint density at radius 1 is 0.946 bits per heavy atom. The lowest BCUT2D eigenvalue weighted by atomic mass is 10.2. The lowest BCUT2D eigenvalue weighted by Gasteiger charge is -2.33. The topological polar surface area (TPSA) is 81.8 Å². The van der Waals surface area contributed by atoms with Gasteiger partial charge in [0.05, 0.1) is 6.67 Å². The molecule has 2 aromatic heterocycles. The summed E-state index contributed by atoms with van der Waals surface area (Å²) in [6, 6.07) is 20.8.